The van der Waals surface area contributed by atoms with Gasteiger partial charge in [-0.3, -0.25) is 0 Å². The third-order valence-corrected chi connectivity index (χ3v) is 2.28. The number of hydrogen-bond acceptors (Lipinski definition) is 2. The van der Waals surface area contributed by atoms with E-state index in [9.17, 15) is 0 Å². The fraction of sp³-hybridized carbons (Fsp3) is 0.273. The van der Waals surface area contributed by atoms with Gasteiger partial charge in [-0.2, -0.15) is 0 Å². The standard InChI is InChI=1S/C11H12O2/c1-12-10-6-8-4-3-5-9(8)7-11(10)13-2/h3-4,6-7H,5H2,1-2H3. The van der Waals surface area contributed by atoms with E-state index in [1.165, 1.54) is 11.1 Å². The molecule has 0 heterocycles. The zero-order chi connectivity index (χ0) is 9.26. The van der Waals surface area contributed by atoms with Gasteiger partial charge in [-0.15, -0.1) is 0 Å². The average molecular weight is 176 g/mol. The van der Waals surface area contributed by atoms with Gasteiger partial charge in [-0.25, -0.2) is 0 Å². The van der Waals surface area contributed by atoms with Gasteiger partial charge < -0.3 is 9.47 Å². The van der Waals surface area contributed by atoms with Gasteiger partial charge in [0.2, 0.25) is 0 Å². The lowest BCUT2D eigenvalue weighted by Crippen LogP contribution is -1.92. The summed E-state index contributed by atoms with van der Waals surface area (Å²) < 4.78 is 10.4. The molecule has 1 aromatic carbocycles. The lowest BCUT2D eigenvalue weighted by molar-refractivity contribution is 0.354. The highest BCUT2D eigenvalue weighted by Gasteiger charge is 2.11. The largest absolute Gasteiger partial charge is 0.493 e. The van der Waals surface area contributed by atoms with Gasteiger partial charge in [0, 0.05) is 0 Å². The zero-order valence-corrected chi connectivity index (χ0v) is 7.83. The maximum Gasteiger partial charge on any atom is 0.161 e. The van der Waals surface area contributed by atoms with Crippen LogP contribution in [0.1, 0.15) is 11.1 Å². The van der Waals surface area contributed by atoms with Crippen LogP contribution < -0.4 is 9.47 Å². The molecule has 2 nitrogen and oxygen atoms in total. The van der Waals surface area contributed by atoms with Crippen molar-refractivity contribution in [3.8, 4) is 11.5 Å². The minimum atomic E-state index is 0.799. The van der Waals surface area contributed by atoms with E-state index in [0.717, 1.165) is 17.9 Å². The Balaban J connectivity index is 2.51. The summed E-state index contributed by atoms with van der Waals surface area (Å²) in [6.45, 7) is 0. The van der Waals surface area contributed by atoms with Crippen molar-refractivity contribution in [3.05, 3.63) is 29.3 Å². The molecule has 2 rings (SSSR count). The topological polar surface area (TPSA) is 18.5 Å². The first kappa shape index (κ1) is 8.17. The Morgan fingerprint density at radius 3 is 2.46 bits per heavy atom. The Morgan fingerprint density at radius 1 is 1.08 bits per heavy atom. The van der Waals surface area contributed by atoms with Crippen molar-refractivity contribution in [3.63, 3.8) is 0 Å². The van der Waals surface area contributed by atoms with E-state index in [1.807, 2.05) is 12.1 Å². The summed E-state index contributed by atoms with van der Waals surface area (Å²) in [6, 6.07) is 4.05. The predicted molar refractivity (Wildman–Crippen MR) is 52.3 cm³/mol. The number of ether oxygens (including phenoxy) is 2. The van der Waals surface area contributed by atoms with Crippen molar-refractivity contribution in [1.29, 1.82) is 0 Å². The summed E-state index contributed by atoms with van der Waals surface area (Å²) >= 11 is 0. The van der Waals surface area contributed by atoms with E-state index < -0.39 is 0 Å². The van der Waals surface area contributed by atoms with Crippen LogP contribution in [0.5, 0.6) is 11.5 Å². The molecule has 0 unspecified atom stereocenters. The SMILES string of the molecule is COc1cc2c(cc1OC)CC=C2. The zero-order valence-electron chi connectivity index (χ0n) is 7.83. The van der Waals surface area contributed by atoms with Crippen molar-refractivity contribution in [2.24, 2.45) is 0 Å². The van der Waals surface area contributed by atoms with Crippen LogP contribution in [-0.2, 0) is 6.42 Å². The van der Waals surface area contributed by atoms with Gasteiger partial charge in [-0.05, 0) is 29.7 Å². The maximum atomic E-state index is 5.21. The Hall–Kier alpha value is -1.44. The number of methoxy groups -OCH3 is 2. The second-order valence-electron chi connectivity index (χ2n) is 3.01. The highest BCUT2D eigenvalue weighted by molar-refractivity contribution is 5.64. The van der Waals surface area contributed by atoms with E-state index in [0.29, 0.717) is 0 Å². The van der Waals surface area contributed by atoms with Crippen LogP contribution >= 0.6 is 0 Å². The Bertz CT molecular complexity index is 353. The molecule has 0 N–H and O–H groups in total. The molecule has 68 valence electrons. The molecular formula is C11H12O2. The second-order valence-corrected chi connectivity index (χ2v) is 3.01. The molecule has 0 amide bonds. The third-order valence-electron chi connectivity index (χ3n) is 2.28. The Morgan fingerprint density at radius 2 is 1.77 bits per heavy atom. The first-order chi connectivity index (χ1) is 6.35. The van der Waals surface area contributed by atoms with Crippen LogP contribution in [0.4, 0.5) is 0 Å². The van der Waals surface area contributed by atoms with Gasteiger partial charge in [0.25, 0.3) is 0 Å². The van der Waals surface area contributed by atoms with Crippen LogP contribution in [0.25, 0.3) is 6.08 Å². The van der Waals surface area contributed by atoms with Crippen LogP contribution in [0.2, 0.25) is 0 Å². The van der Waals surface area contributed by atoms with Crippen LogP contribution in [0.15, 0.2) is 18.2 Å². The quantitative estimate of drug-likeness (QED) is 0.688. The van der Waals surface area contributed by atoms with Crippen molar-refractivity contribution in [1.82, 2.24) is 0 Å². The molecule has 0 fully saturated rings. The van der Waals surface area contributed by atoms with Gasteiger partial charge in [0.1, 0.15) is 0 Å². The van der Waals surface area contributed by atoms with Gasteiger partial charge in [0.05, 0.1) is 14.2 Å². The molecule has 0 saturated carbocycles. The van der Waals surface area contributed by atoms with Crippen LogP contribution in [0, 0.1) is 0 Å². The monoisotopic (exact) mass is 176 g/mol. The first-order valence-electron chi connectivity index (χ1n) is 4.26. The summed E-state index contributed by atoms with van der Waals surface area (Å²) in [5.74, 6) is 1.61. The Labute approximate surface area is 77.8 Å². The fourth-order valence-corrected chi connectivity index (χ4v) is 1.58. The molecule has 0 aliphatic heterocycles. The number of hydrogen-bond donors (Lipinski definition) is 0. The average Bonchev–Trinajstić information content (AvgIpc) is 2.62. The van der Waals surface area contributed by atoms with Crippen molar-refractivity contribution < 1.29 is 9.47 Å². The maximum absolute atomic E-state index is 5.21. The molecule has 2 heteroatoms. The molecule has 0 spiro atoms. The van der Waals surface area contributed by atoms with Crippen LogP contribution in [0.3, 0.4) is 0 Å². The smallest absolute Gasteiger partial charge is 0.161 e. The highest BCUT2D eigenvalue weighted by atomic mass is 16.5. The van der Waals surface area contributed by atoms with Gasteiger partial charge >= 0.3 is 0 Å². The number of allylic oxidation sites excluding steroid dienone is 1. The Kier molecular flexibility index (Phi) is 1.97. The van der Waals surface area contributed by atoms with Gasteiger partial charge in [-0.1, -0.05) is 12.2 Å². The summed E-state index contributed by atoms with van der Waals surface area (Å²) in [4.78, 5) is 0. The van der Waals surface area contributed by atoms with E-state index in [4.69, 9.17) is 9.47 Å². The lowest BCUT2D eigenvalue weighted by Gasteiger charge is -2.09. The van der Waals surface area contributed by atoms with Crippen molar-refractivity contribution >= 4 is 6.08 Å². The summed E-state index contributed by atoms with van der Waals surface area (Å²) in [7, 11) is 3.32. The summed E-state index contributed by atoms with van der Waals surface area (Å²) in [5, 5.41) is 0. The lowest BCUT2D eigenvalue weighted by atomic mass is 10.1. The molecule has 0 radical (unpaired) electrons. The van der Waals surface area contributed by atoms with Crippen LogP contribution in [-0.4, -0.2) is 14.2 Å². The molecule has 1 aliphatic carbocycles. The normalized spacial score (nSPS) is 12.8. The fourth-order valence-electron chi connectivity index (χ4n) is 1.58. The molecule has 13 heavy (non-hydrogen) atoms. The minimum absolute atomic E-state index is 0.799. The van der Waals surface area contributed by atoms with Crippen molar-refractivity contribution in [2.45, 2.75) is 6.42 Å². The first-order valence-corrected chi connectivity index (χ1v) is 4.26. The molecule has 0 bridgehead atoms. The van der Waals surface area contributed by atoms with E-state index in [2.05, 4.69) is 12.2 Å². The number of fused-ring (bicyclic) bond motifs is 1. The van der Waals surface area contributed by atoms with Gasteiger partial charge in [0.15, 0.2) is 11.5 Å². The number of rotatable bonds is 2. The second kappa shape index (κ2) is 3.13. The van der Waals surface area contributed by atoms with E-state index >= 15 is 0 Å². The summed E-state index contributed by atoms with van der Waals surface area (Å²) in [5.41, 5.74) is 2.54. The minimum Gasteiger partial charge on any atom is -0.493 e. The van der Waals surface area contributed by atoms with E-state index in [-0.39, 0.29) is 0 Å². The van der Waals surface area contributed by atoms with E-state index in [1.54, 1.807) is 14.2 Å². The molecule has 0 atom stereocenters. The molecule has 1 aromatic rings. The predicted octanol–water partition coefficient (Wildman–Crippen LogP) is 2.27. The number of benzene rings is 1. The molecule has 0 saturated heterocycles. The molecule has 0 aromatic heterocycles. The molecular weight excluding hydrogens is 164 g/mol. The third kappa shape index (κ3) is 1.28. The summed E-state index contributed by atoms with van der Waals surface area (Å²) in [6.07, 6.45) is 5.25. The molecule has 1 aliphatic rings. The van der Waals surface area contributed by atoms with Crippen molar-refractivity contribution in [2.75, 3.05) is 14.2 Å². The highest BCUT2D eigenvalue weighted by Crippen LogP contribution is 2.33.